The van der Waals surface area contributed by atoms with E-state index in [0.29, 0.717) is 11.5 Å². The van der Waals surface area contributed by atoms with Crippen LogP contribution < -0.4 is 5.32 Å². The number of H-pyrrole nitrogens is 1. The number of carbonyl (C=O) groups is 1. The van der Waals surface area contributed by atoms with E-state index in [2.05, 4.69) is 20.3 Å². The summed E-state index contributed by atoms with van der Waals surface area (Å²) in [5.74, 6) is -0.129. The van der Waals surface area contributed by atoms with Gasteiger partial charge in [0.2, 0.25) is 12.2 Å². The number of aliphatic hydroxyl groups excluding tert-OH is 1. The number of carbonyl (C=O) groups excluding carboxylic acids is 1. The van der Waals surface area contributed by atoms with Gasteiger partial charge in [0.15, 0.2) is 5.82 Å². The van der Waals surface area contributed by atoms with Crippen LogP contribution in [-0.2, 0) is 14.3 Å². The number of benzene rings is 1. The highest BCUT2D eigenvalue weighted by atomic mass is 19.1. The third-order valence-electron chi connectivity index (χ3n) is 5.08. The summed E-state index contributed by atoms with van der Waals surface area (Å²) in [7, 11) is 0. The summed E-state index contributed by atoms with van der Waals surface area (Å²) in [5, 5.41) is 11.6. The van der Waals surface area contributed by atoms with Crippen molar-refractivity contribution in [3.63, 3.8) is 0 Å². The van der Waals surface area contributed by atoms with E-state index >= 15 is 0 Å². The number of imidazole rings is 1. The molecule has 4 rings (SSSR count). The molecule has 0 saturated carbocycles. The van der Waals surface area contributed by atoms with E-state index in [0.717, 1.165) is 16.8 Å². The molecule has 8 nitrogen and oxygen atoms in total. The van der Waals surface area contributed by atoms with Crippen molar-refractivity contribution < 1.29 is 23.8 Å². The first kappa shape index (κ1) is 21.1. The van der Waals surface area contributed by atoms with Crippen LogP contribution in [0.3, 0.4) is 0 Å². The van der Waals surface area contributed by atoms with Gasteiger partial charge in [-0.25, -0.2) is 9.37 Å². The molecule has 3 aromatic rings. The minimum absolute atomic E-state index is 0.131. The second kappa shape index (κ2) is 8.93. The SMILES string of the molecule is CC1(C(=O)NCCO)COC(c2nc(-c3ccc(F)cc3)c(-c3ccncc3)[nH]2)OC1. The molecule has 1 aliphatic rings. The smallest absolute Gasteiger partial charge is 0.230 e. The number of aliphatic hydroxyl groups is 1. The van der Waals surface area contributed by atoms with Gasteiger partial charge in [-0.1, -0.05) is 0 Å². The fourth-order valence-electron chi connectivity index (χ4n) is 3.33. The van der Waals surface area contributed by atoms with Crippen LogP contribution in [-0.4, -0.2) is 52.3 Å². The lowest BCUT2D eigenvalue weighted by Gasteiger charge is -2.35. The van der Waals surface area contributed by atoms with Crippen molar-refractivity contribution in [3.05, 3.63) is 60.4 Å². The van der Waals surface area contributed by atoms with Gasteiger partial charge in [-0.05, 0) is 43.3 Å². The number of ether oxygens (including phenoxy) is 2. The molecule has 0 radical (unpaired) electrons. The Morgan fingerprint density at radius 2 is 1.87 bits per heavy atom. The molecule has 9 heteroatoms. The molecule has 162 valence electrons. The molecule has 1 fully saturated rings. The van der Waals surface area contributed by atoms with Gasteiger partial charge in [0.25, 0.3) is 0 Å². The van der Waals surface area contributed by atoms with Crippen molar-refractivity contribution in [1.29, 1.82) is 0 Å². The highest BCUT2D eigenvalue weighted by molar-refractivity contribution is 5.82. The van der Waals surface area contributed by atoms with Crippen LogP contribution in [0, 0.1) is 11.2 Å². The third kappa shape index (κ3) is 4.48. The van der Waals surface area contributed by atoms with Crippen molar-refractivity contribution >= 4 is 5.91 Å². The summed E-state index contributed by atoms with van der Waals surface area (Å²) in [5.41, 5.74) is 2.08. The van der Waals surface area contributed by atoms with Crippen LogP contribution in [0.5, 0.6) is 0 Å². The predicted molar refractivity (Wildman–Crippen MR) is 110 cm³/mol. The van der Waals surface area contributed by atoms with Gasteiger partial charge in [0.05, 0.1) is 36.6 Å². The Balaban J connectivity index is 1.60. The monoisotopic (exact) mass is 426 g/mol. The number of halogens is 1. The fourth-order valence-corrected chi connectivity index (χ4v) is 3.33. The van der Waals surface area contributed by atoms with Gasteiger partial charge in [0, 0.05) is 30.1 Å². The van der Waals surface area contributed by atoms with Crippen molar-refractivity contribution in [2.45, 2.75) is 13.2 Å². The molecule has 0 bridgehead atoms. The molecule has 1 amide bonds. The van der Waals surface area contributed by atoms with Gasteiger partial charge in [-0.15, -0.1) is 0 Å². The van der Waals surface area contributed by atoms with Crippen LogP contribution in [0.25, 0.3) is 22.5 Å². The Kier molecular flexibility index (Phi) is 6.08. The topological polar surface area (TPSA) is 109 Å². The number of rotatable bonds is 6. The summed E-state index contributed by atoms with van der Waals surface area (Å²) in [6, 6.07) is 9.76. The van der Waals surface area contributed by atoms with E-state index in [4.69, 9.17) is 14.6 Å². The Morgan fingerprint density at radius 1 is 1.19 bits per heavy atom. The lowest BCUT2D eigenvalue weighted by molar-refractivity contribution is -0.231. The van der Waals surface area contributed by atoms with Crippen LogP contribution in [0.1, 0.15) is 19.0 Å². The number of nitrogens with one attached hydrogen (secondary N) is 2. The zero-order chi connectivity index (χ0) is 21.8. The maximum atomic E-state index is 13.4. The van der Waals surface area contributed by atoms with E-state index in [1.54, 1.807) is 31.5 Å². The number of hydrogen-bond acceptors (Lipinski definition) is 6. The zero-order valence-corrected chi connectivity index (χ0v) is 17.0. The average molecular weight is 426 g/mol. The van der Waals surface area contributed by atoms with Gasteiger partial charge in [-0.2, -0.15) is 0 Å². The first-order valence-corrected chi connectivity index (χ1v) is 9.89. The molecule has 3 heterocycles. The highest BCUT2D eigenvalue weighted by Crippen LogP contribution is 2.35. The Bertz CT molecular complexity index is 1030. The molecule has 3 N–H and O–H groups in total. The number of amides is 1. The Labute approximate surface area is 178 Å². The summed E-state index contributed by atoms with van der Waals surface area (Å²) >= 11 is 0. The zero-order valence-electron chi connectivity index (χ0n) is 17.0. The van der Waals surface area contributed by atoms with Crippen LogP contribution in [0.2, 0.25) is 0 Å². The van der Waals surface area contributed by atoms with E-state index in [-0.39, 0.29) is 38.1 Å². The molecule has 1 saturated heterocycles. The second-order valence-corrected chi connectivity index (χ2v) is 7.58. The van der Waals surface area contributed by atoms with Crippen molar-refractivity contribution in [2.24, 2.45) is 5.41 Å². The van der Waals surface area contributed by atoms with Gasteiger partial charge in [0.1, 0.15) is 5.82 Å². The van der Waals surface area contributed by atoms with Gasteiger partial charge >= 0.3 is 0 Å². The second-order valence-electron chi connectivity index (χ2n) is 7.58. The summed E-state index contributed by atoms with van der Waals surface area (Å²) in [4.78, 5) is 24.3. The van der Waals surface area contributed by atoms with Crippen LogP contribution >= 0.6 is 0 Å². The molecule has 1 aromatic carbocycles. The van der Waals surface area contributed by atoms with Crippen LogP contribution in [0.4, 0.5) is 4.39 Å². The normalized spacial score (nSPS) is 21.1. The number of pyridine rings is 1. The first-order chi connectivity index (χ1) is 15.0. The summed E-state index contributed by atoms with van der Waals surface area (Å²) in [6.45, 7) is 2.04. The van der Waals surface area contributed by atoms with E-state index in [1.165, 1.54) is 12.1 Å². The van der Waals surface area contributed by atoms with E-state index in [1.807, 2.05) is 12.1 Å². The fraction of sp³-hybridized carbons (Fsp3) is 0.318. The largest absolute Gasteiger partial charge is 0.395 e. The quantitative estimate of drug-likeness (QED) is 0.559. The van der Waals surface area contributed by atoms with Gasteiger partial charge < -0.3 is 24.9 Å². The van der Waals surface area contributed by atoms with Crippen molar-refractivity contribution in [3.8, 4) is 22.5 Å². The maximum absolute atomic E-state index is 13.4. The average Bonchev–Trinajstić information content (AvgIpc) is 3.24. The van der Waals surface area contributed by atoms with Crippen molar-refractivity contribution in [1.82, 2.24) is 20.3 Å². The number of aromatic amines is 1. The first-order valence-electron chi connectivity index (χ1n) is 9.89. The van der Waals surface area contributed by atoms with E-state index < -0.39 is 11.7 Å². The summed E-state index contributed by atoms with van der Waals surface area (Å²) < 4.78 is 25.1. The number of nitrogens with zero attached hydrogens (tertiary/aromatic N) is 2. The van der Waals surface area contributed by atoms with Crippen LogP contribution in [0.15, 0.2) is 48.8 Å². The predicted octanol–water partition coefficient (Wildman–Crippen LogP) is 2.44. The molecule has 2 aromatic heterocycles. The molecule has 0 spiro atoms. The Morgan fingerprint density at radius 3 is 2.52 bits per heavy atom. The minimum atomic E-state index is -0.869. The summed E-state index contributed by atoms with van der Waals surface area (Å²) in [6.07, 6.45) is 2.57. The maximum Gasteiger partial charge on any atom is 0.230 e. The van der Waals surface area contributed by atoms with E-state index in [9.17, 15) is 9.18 Å². The van der Waals surface area contributed by atoms with Crippen molar-refractivity contribution in [2.75, 3.05) is 26.4 Å². The number of aromatic nitrogens is 3. The molecule has 0 atom stereocenters. The Hall–Kier alpha value is -3.14. The standard InChI is InChI=1S/C22H23FN4O4/c1-22(21(29)25-10-11-28)12-30-20(31-13-22)19-26-17(14-2-4-16(23)5-3-14)18(27-19)15-6-8-24-9-7-15/h2-9,20,28H,10-13H2,1H3,(H,25,29)(H,26,27). The molecular formula is C22H23FN4O4. The third-order valence-corrected chi connectivity index (χ3v) is 5.08. The number of hydrogen-bond donors (Lipinski definition) is 3. The molecule has 0 aliphatic carbocycles. The molecule has 1 aliphatic heterocycles. The molecule has 31 heavy (non-hydrogen) atoms. The molecule has 0 unspecified atom stereocenters. The highest BCUT2D eigenvalue weighted by Gasteiger charge is 2.40. The van der Waals surface area contributed by atoms with Gasteiger partial charge in [-0.3, -0.25) is 9.78 Å². The lowest BCUT2D eigenvalue weighted by atomic mass is 9.91. The minimum Gasteiger partial charge on any atom is -0.395 e. The lowest BCUT2D eigenvalue weighted by Crippen LogP contribution is -2.49. The molecular weight excluding hydrogens is 403 g/mol.